The van der Waals surface area contributed by atoms with E-state index in [2.05, 4.69) is 60.5 Å². The number of rotatable bonds is 6. The predicted octanol–water partition coefficient (Wildman–Crippen LogP) is 2.84. The third-order valence-electron chi connectivity index (χ3n) is 3.33. The van der Waals surface area contributed by atoms with Crippen molar-refractivity contribution in [3.63, 3.8) is 0 Å². The van der Waals surface area contributed by atoms with E-state index in [0.717, 1.165) is 25.0 Å². The van der Waals surface area contributed by atoms with Crippen molar-refractivity contribution in [2.24, 2.45) is 0 Å². The van der Waals surface area contributed by atoms with E-state index < -0.39 is 0 Å². The summed E-state index contributed by atoms with van der Waals surface area (Å²) < 4.78 is 0. The lowest BCUT2D eigenvalue weighted by Gasteiger charge is -2.20. The molecular formula is C16H23N3. The first-order valence-electron chi connectivity index (χ1n) is 6.93. The monoisotopic (exact) mass is 257 g/mol. The zero-order chi connectivity index (χ0) is 13.7. The third kappa shape index (κ3) is 3.75. The number of nitrogens with one attached hydrogen (secondary N) is 1. The smallest absolute Gasteiger partial charge is 0.0702 e. The molecule has 0 aliphatic rings. The highest BCUT2D eigenvalue weighted by molar-refractivity contribution is 5.78. The van der Waals surface area contributed by atoms with Crippen LogP contribution in [-0.2, 0) is 0 Å². The Kier molecular flexibility index (Phi) is 4.88. The highest BCUT2D eigenvalue weighted by Gasteiger charge is 2.11. The number of pyridine rings is 1. The maximum Gasteiger partial charge on any atom is 0.0702 e. The minimum atomic E-state index is 0.379. The van der Waals surface area contributed by atoms with Crippen LogP contribution in [0.5, 0.6) is 0 Å². The van der Waals surface area contributed by atoms with Crippen molar-refractivity contribution in [2.75, 3.05) is 27.2 Å². The minimum absolute atomic E-state index is 0.379. The van der Waals surface area contributed by atoms with Gasteiger partial charge in [-0.3, -0.25) is 4.98 Å². The van der Waals surface area contributed by atoms with Gasteiger partial charge in [0.2, 0.25) is 0 Å². The predicted molar refractivity (Wildman–Crippen MR) is 81.3 cm³/mol. The molecule has 19 heavy (non-hydrogen) atoms. The SMILES string of the molecule is CCNC(CCN(C)C)c1cnc2ccccc2c1. The molecule has 2 rings (SSSR count). The van der Waals surface area contributed by atoms with Crippen molar-refractivity contribution in [1.29, 1.82) is 0 Å². The molecule has 1 aromatic heterocycles. The molecular weight excluding hydrogens is 234 g/mol. The van der Waals surface area contributed by atoms with E-state index in [-0.39, 0.29) is 0 Å². The van der Waals surface area contributed by atoms with E-state index in [1.807, 2.05) is 12.3 Å². The highest BCUT2D eigenvalue weighted by atomic mass is 15.1. The molecule has 0 spiro atoms. The van der Waals surface area contributed by atoms with Crippen molar-refractivity contribution in [1.82, 2.24) is 15.2 Å². The maximum atomic E-state index is 4.56. The number of benzene rings is 1. The van der Waals surface area contributed by atoms with Gasteiger partial charge < -0.3 is 10.2 Å². The summed E-state index contributed by atoms with van der Waals surface area (Å²) in [7, 11) is 4.23. The first kappa shape index (κ1) is 14.0. The molecule has 0 radical (unpaired) electrons. The van der Waals surface area contributed by atoms with Gasteiger partial charge in [0, 0.05) is 17.6 Å². The van der Waals surface area contributed by atoms with Crippen LogP contribution < -0.4 is 5.32 Å². The molecule has 1 unspecified atom stereocenters. The summed E-state index contributed by atoms with van der Waals surface area (Å²) in [5.74, 6) is 0. The summed E-state index contributed by atoms with van der Waals surface area (Å²) in [5, 5.41) is 4.77. The zero-order valence-corrected chi connectivity index (χ0v) is 12.1. The van der Waals surface area contributed by atoms with Gasteiger partial charge in [-0.05, 0) is 51.3 Å². The Morgan fingerprint density at radius 2 is 2.05 bits per heavy atom. The van der Waals surface area contributed by atoms with Crippen molar-refractivity contribution in [3.05, 3.63) is 42.1 Å². The average molecular weight is 257 g/mol. The molecule has 0 fully saturated rings. The second-order valence-electron chi connectivity index (χ2n) is 5.16. The molecule has 1 heterocycles. The van der Waals surface area contributed by atoms with Crippen molar-refractivity contribution in [3.8, 4) is 0 Å². The molecule has 1 aromatic carbocycles. The van der Waals surface area contributed by atoms with Crippen LogP contribution >= 0.6 is 0 Å². The maximum absolute atomic E-state index is 4.56. The van der Waals surface area contributed by atoms with Gasteiger partial charge in [0.1, 0.15) is 0 Å². The number of aromatic nitrogens is 1. The Balaban J connectivity index is 2.22. The number of hydrogen-bond donors (Lipinski definition) is 1. The molecule has 0 aliphatic carbocycles. The molecule has 2 aromatic rings. The summed E-state index contributed by atoms with van der Waals surface area (Å²) in [6, 6.07) is 10.9. The van der Waals surface area contributed by atoms with Crippen LogP contribution in [0.4, 0.5) is 0 Å². The number of fused-ring (bicyclic) bond motifs is 1. The van der Waals surface area contributed by atoms with Crippen LogP contribution in [0.1, 0.15) is 24.9 Å². The molecule has 0 saturated heterocycles. The van der Waals surface area contributed by atoms with E-state index in [1.165, 1.54) is 10.9 Å². The summed E-state index contributed by atoms with van der Waals surface area (Å²) in [6.07, 6.45) is 3.10. The van der Waals surface area contributed by atoms with Crippen LogP contribution in [-0.4, -0.2) is 37.1 Å². The van der Waals surface area contributed by atoms with Crippen molar-refractivity contribution in [2.45, 2.75) is 19.4 Å². The summed E-state index contributed by atoms with van der Waals surface area (Å²) in [5.41, 5.74) is 2.34. The molecule has 1 N–H and O–H groups in total. The fourth-order valence-corrected chi connectivity index (χ4v) is 2.30. The van der Waals surface area contributed by atoms with Gasteiger partial charge in [-0.1, -0.05) is 25.1 Å². The summed E-state index contributed by atoms with van der Waals surface area (Å²) in [4.78, 5) is 6.78. The van der Waals surface area contributed by atoms with E-state index in [1.54, 1.807) is 0 Å². The number of nitrogens with zero attached hydrogens (tertiary/aromatic N) is 2. The second-order valence-corrected chi connectivity index (χ2v) is 5.16. The van der Waals surface area contributed by atoms with Crippen LogP contribution in [0.2, 0.25) is 0 Å². The van der Waals surface area contributed by atoms with Gasteiger partial charge in [-0.2, -0.15) is 0 Å². The highest BCUT2D eigenvalue weighted by Crippen LogP contribution is 2.20. The first-order valence-corrected chi connectivity index (χ1v) is 6.93. The van der Waals surface area contributed by atoms with Gasteiger partial charge in [0.05, 0.1) is 5.52 Å². The quantitative estimate of drug-likeness (QED) is 0.862. The van der Waals surface area contributed by atoms with Gasteiger partial charge in [-0.15, -0.1) is 0 Å². The second kappa shape index (κ2) is 6.64. The third-order valence-corrected chi connectivity index (χ3v) is 3.33. The Bertz CT molecular complexity index is 522. The molecule has 102 valence electrons. The summed E-state index contributed by atoms with van der Waals surface area (Å²) in [6.45, 7) is 4.20. The minimum Gasteiger partial charge on any atom is -0.310 e. The van der Waals surface area contributed by atoms with E-state index >= 15 is 0 Å². The molecule has 0 bridgehead atoms. The molecule has 3 nitrogen and oxygen atoms in total. The summed E-state index contributed by atoms with van der Waals surface area (Å²) >= 11 is 0. The molecule has 0 aliphatic heterocycles. The largest absolute Gasteiger partial charge is 0.310 e. The standard InChI is InChI=1S/C16H23N3/c1-4-17-16(9-10-19(2)3)14-11-13-7-5-6-8-15(13)18-12-14/h5-8,11-12,16-17H,4,9-10H2,1-3H3. The van der Waals surface area contributed by atoms with Crippen LogP contribution in [0.15, 0.2) is 36.5 Å². The van der Waals surface area contributed by atoms with Gasteiger partial charge in [0.25, 0.3) is 0 Å². The lowest BCUT2D eigenvalue weighted by molar-refractivity contribution is 0.363. The normalized spacial score (nSPS) is 13.1. The molecule has 1 atom stereocenters. The topological polar surface area (TPSA) is 28.2 Å². The van der Waals surface area contributed by atoms with Crippen molar-refractivity contribution >= 4 is 10.9 Å². The lowest BCUT2D eigenvalue weighted by atomic mass is 10.0. The van der Waals surface area contributed by atoms with Crippen LogP contribution in [0.3, 0.4) is 0 Å². The van der Waals surface area contributed by atoms with Gasteiger partial charge in [-0.25, -0.2) is 0 Å². The van der Waals surface area contributed by atoms with Gasteiger partial charge in [0.15, 0.2) is 0 Å². The van der Waals surface area contributed by atoms with E-state index in [4.69, 9.17) is 0 Å². The Morgan fingerprint density at radius 3 is 2.79 bits per heavy atom. The van der Waals surface area contributed by atoms with Crippen LogP contribution in [0.25, 0.3) is 10.9 Å². The Hall–Kier alpha value is -1.45. The molecule has 3 heteroatoms. The van der Waals surface area contributed by atoms with Crippen molar-refractivity contribution < 1.29 is 0 Å². The number of para-hydroxylation sites is 1. The first-order chi connectivity index (χ1) is 9.20. The Labute approximate surface area is 115 Å². The molecule has 0 amide bonds. The fourth-order valence-electron chi connectivity index (χ4n) is 2.30. The average Bonchev–Trinajstić information content (AvgIpc) is 2.42. The lowest BCUT2D eigenvalue weighted by Crippen LogP contribution is -2.25. The van der Waals surface area contributed by atoms with E-state index in [0.29, 0.717) is 6.04 Å². The fraction of sp³-hybridized carbons (Fsp3) is 0.438. The Morgan fingerprint density at radius 1 is 1.26 bits per heavy atom. The number of hydrogen-bond acceptors (Lipinski definition) is 3. The van der Waals surface area contributed by atoms with Gasteiger partial charge >= 0.3 is 0 Å². The molecule has 0 saturated carbocycles. The zero-order valence-electron chi connectivity index (χ0n) is 12.1. The van der Waals surface area contributed by atoms with Crippen LogP contribution in [0, 0.1) is 0 Å². The van der Waals surface area contributed by atoms with E-state index in [9.17, 15) is 0 Å².